The minimum absolute atomic E-state index is 0.157. The maximum absolute atomic E-state index is 14.3. The Balaban J connectivity index is 0.951. The molecule has 8 nitrogen and oxygen atoms in total. The van der Waals surface area contributed by atoms with Crippen molar-refractivity contribution in [1.29, 1.82) is 0 Å². The predicted molar refractivity (Wildman–Crippen MR) is 227 cm³/mol. The first-order chi connectivity index (χ1) is 26.3. The van der Waals surface area contributed by atoms with Crippen molar-refractivity contribution >= 4 is 76.6 Å². The van der Waals surface area contributed by atoms with Crippen molar-refractivity contribution in [3.8, 4) is 0 Å². The molecular formula is C44H52Br2N6O2. The fourth-order valence-corrected chi connectivity index (χ4v) is 11.0. The smallest absolute Gasteiger partial charge is 0.230 e. The molecule has 0 spiro atoms. The Kier molecular flexibility index (Phi) is 10.8. The van der Waals surface area contributed by atoms with Crippen LogP contribution in [0.5, 0.6) is 0 Å². The number of carbonyl (C=O) groups excluding carboxylic acids is 2. The number of nitrogens with one attached hydrogen (secondary N) is 2. The molecule has 0 unspecified atom stereocenters. The van der Waals surface area contributed by atoms with Gasteiger partial charge in [-0.05, 0) is 130 Å². The van der Waals surface area contributed by atoms with E-state index in [2.05, 4.69) is 132 Å². The molecule has 4 aromatic rings. The highest BCUT2D eigenvalue weighted by Gasteiger charge is 2.40. The summed E-state index contributed by atoms with van der Waals surface area (Å²) < 4.78 is 2.12. The van der Waals surface area contributed by atoms with Crippen LogP contribution in [-0.2, 0) is 22.4 Å². The van der Waals surface area contributed by atoms with Crippen molar-refractivity contribution in [2.45, 2.75) is 65.0 Å². The van der Waals surface area contributed by atoms with Crippen LogP contribution in [0, 0.1) is 11.8 Å². The van der Waals surface area contributed by atoms with E-state index < -0.39 is 0 Å². The van der Waals surface area contributed by atoms with E-state index in [-0.39, 0.29) is 35.7 Å². The van der Waals surface area contributed by atoms with Gasteiger partial charge in [-0.3, -0.25) is 19.4 Å². The van der Waals surface area contributed by atoms with Crippen LogP contribution in [0.3, 0.4) is 0 Å². The van der Waals surface area contributed by atoms with Crippen LogP contribution in [0.2, 0.25) is 0 Å². The van der Waals surface area contributed by atoms with Crippen molar-refractivity contribution in [2.75, 3.05) is 52.4 Å². The van der Waals surface area contributed by atoms with Crippen LogP contribution in [0.15, 0.2) is 70.4 Å². The number of H-pyrrole nitrogens is 2. The maximum Gasteiger partial charge on any atom is 0.230 e. The summed E-state index contributed by atoms with van der Waals surface area (Å²) >= 11 is 7.61. The van der Waals surface area contributed by atoms with Gasteiger partial charge < -0.3 is 19.8 Å². The summed E-state index contributed by atoms with van der Waals surface area (Å²) in [5.74, 6) is 0.0966. The zero-order valence-corrected chi connectivity index (χ0v) is 34.9. The number of benzene rings is 2. The zero-order chi connectivity index (χ0) is 37.7. The van der Waals surface area contributed by atoms with Crippen molar-refractivity contribution in [3.05, 3.63) is 92.7 Å². The summed E-state index contributed by atoms with van der Waals surface area (Å²) in [7, 11) is 0. The van der Waals surface area contributed by atoms with E-state index in [1.807, 2.05) is 11.0 Å². The van der Waals surface area contributed by atoms with Crippen LogP contribution in [0.25, 0.3) is 33.0 Å². The molecule has 0 radical (unpaired) electrons. The molecule has 0 bridgehead atoms. The van der Waals surface area contributed by atoms with E-state index >= 15 is 0 Å². The minimum Gasteiger partial charge on any atom is -0.349 e. The molecule has 4 heterocycles. The third-order valence-electron chi connectivity index (χ3n) is 12.5. The highest BCUT2D eigenvalue weighted by molar-refractivity contribution is 9.10. The third-order valence-corrected chi connectivity index (χ3v) is 13.9. The second kappa shape index (κ2) is 15.6. The monoisotopic (exact) mass is 854 g/mol. The molecule has 10 heteroatoms. The van der Waals surface area contributed by atoms with Crippen LogP contribution >= 0.6 is 31.9 Å². The topological polar surface area (TPSA) is 78.7 Å². The lowest BCUT2D eigenvalue weighted by molar-refractivity contribution is -0.135. The number of aromatic nitrogens is 2. The van der Waals surface area contributed by atoms with Gasteiger partial charge in [0.05, 0.1) is 21.0 Å². The fraction of sp³-hybridized carbons (Fsp3) is 0.455. The lowest BCUT2D eigenvalue weighted by atomic mass is 9.79. The Morgan fingerprint density at radius 2 is 1.28 bits per heavy atom. The number of halogens is 2. The molecule has 2 aromatic heterocycles. The van der Waals surface area contributed by atoms with Gasteiger partial charge in [0, 0.05) is 79.7 Å². The molecule has 8 rings (SSSR count). The summed E-state index contributed by atoms with van der Waals surface area (Å²) in [4.78, 5) is 44.2. The van der Waals surface area contributed by atoms with Gasteiger partial charge in [-0.15, -0.1) is 6.58 Å². The quantitative estimate of drug-likeness (QED) is 0.105. The first kappa shape index (κ1) is 37.5. The maximum atomic E-state index is 14.3. The number of fused-ring (bicyclic) bond motifs is 4. The van der Waals surface area contributed by atoms with E-state index in [4.69, 9.17) is 0 Å². The van der Waals surface area contributed by atoms with E-state index in [0.717, 1.165) is 91.6 Å². The lowest BCUT2D eigenvalue weighted by Gasteiger charge is -2.42. The van der Waals surface area contributed by atoms with Crippen LogP contribution in [0.1, 0.15) is 62.3 Å². The Hall–Kier alpha value is -3.44. The molecule has 0 saturated carbocycles. The average molecular weight is 857 g/mol. The predicted octanol–water partition coefficient (Wildman–Crippen LogP) is 8.43. The van der Waals surface area contributed by atoms with Crippen molar-refractivity contribution in [3.63, 3.8) is 0 Å². The van der Waals surface area contributed by atoms with Gasteiger partial charge in [-0.25, -0.2) is 0 Å². The number of amides is 2. The van der Waals surface area contributed by atoms with Gasteiger partial charge in [0.15, 0.2) is 0 Å². The van der Waals surface area contributed by atoms with E-state index in [0.29, 0.717) is 13.1 Å². The third kappa shape index (κ3) is 6.54. The number of unbranched alkanes of at least 4 members (excludes halogenated alkanes) is 2. The molecule has 2 N–H and O–H groups in total. The number of rotatable bonds is 13. The first-order valence-electron chi connectivity index (χ1n) is 19.9. The van der Waals surface area contributed by atoms with Crippen LogP contribution in [-0.4, -0.2) is 106 Å². The average Bonchev–Trinajstić information content (AvgIpc) is 3.69. The second-order valence-electron chi connectivity index (χ2n) is 15.4. The molecule has 4 aliphatic rings. The fourth-order valence-electron chi connectivity index (χ4n) is 9.89. The minimum atomic E-state index is -0.192. The molecule has 4 atom stereocenters. The van der Waals surface area contributed by atoms with Gasteiger partial charge >= 0.3 is 0 Å². The van der Waals surface area contributed by atoms with E-state index in [9.17, 15) is 9.59 Å². The van der Waals surface area contributed by atoms with Crippen LogP contribution in [0.4, 0.5) is 0 Å². The number of carbonyl (C=O) groups is 2. The SMILES string of the molecule is C=CCN1C[C@H](C(=O)N(CC)CCCCCN2C[C@H](C(=O)N(CC)CC)C=C3c4cccc5[nH]c(Br)c(c45)C[C@H]32)C=C2c3cccc4[nH]c(Br)c(c34)C[C@H]21. The normalized spacial score (nSPS) is 22.1. The van der Waals surface area contributed by atoms with Gasteiger partial charge in [-0.2, -0.15) is 0 Å². The largest absolute Gasteiger partial charge is 0.349 e. The Morgan fingerprint density at radius 1 is 0.759 bits per heavy atom. The zero-order valence-electron chi connectivity index (χ0n) is 31.8. The van der Waals surface area contributed by atoms with Crippen molar-refractivity contribution in [1.82, 2.24) is 29.6 Å². The van der Waals surface area contributed by atoms with Gasteiger partial charge in [0.1, 0.15) is 0 Å². The van der Waals surface area contributed by atoms with Crippen LogP contribution < -0.4 is 0 Å². The number of aromatic amines is 2. The first-order valence-corrected chi connectivity index (χ1v) is 21.5. The van der Waals surface area contributed by atoms with Crippen molar-refractivity contribution < 1.29 is 9.59 Å². The highest BCUT2D eigenvalue weighted by atomic mass is 79.9. The molecule has 284 valence electrons. The lowest BCUT2D eigenvalue weighted by Crippen LogP contribution is -2.49. The molecule has 0 fully saturated rings. The Morgan fingerprint density at radius 3 is 1.81 bits per heavy atom. The summed E-state index contributed by atoms with van der Waals surface area (Å²) in [5, 5.41) is 2.56. The number of nitrogens with zero attached hydrogens (tertiary/aromatic N) is 4. The molecule has 0 saturated heterocycles. The van der Waals surface area contributed by atoms with Gasteiger partial charge in [0.2, 0.25) is 11.8 Å². The molecular weight excluding hydrogens is 804 g/mol. The molecule has 2 aromatic carbocycles. The van der Waals surface area contributed by atoms with E-state index in [1.54, 1.807) is 0 Å². The number of hydrogen-bond donors (Lipinski definition) is 2. The molecule has 54 heavy (non-hydrogen) atoms. The summed E-state index contributed by atoms with van der Waals surface area (Å²) in [5.41, 5.74) is 9.99. The summed E-state index contributed by atoms with van der Waals surface area (Å²) in [6.45, 7) is 16.3. The Labute approximate surface area is 335 Å². The van der Waals surface area contributed by atoms with Gasteiger partial charge in [-0.1, -0.05) is 48.9 Å². The summed E-state index contributed by atoms with van der Waals surface area (Å²) in [6, 6.07) is 13.4. The Bertz CT molecular complexity index is 2160. The molecule has 2 aliphatic carbocycles. The van der Waals surface area contributed by atoms with Gasteiger partial charge in [0.25, 0.3) is 0 Å². The standard InChI is InChI=1S/C44H52Br2N6O2/c1-5-18-51-25-28(22-31-29-14-12-16-35-39(29)33(23-37(31)51)41(45)47-35)44(54)50(8-4)19-10-9-11-20-52-26-27(43(53)49(6-2)7-3)21-32-30-15-13-17-36-40(30)34(24-38(32)52)42(46)48-36/h5,12-17,21-22,27-28,37-38,47-48H,1,6-11,18-20,23-26H2,2-4H3/t27-,28-,37-,38-/m1/s1. The summed E-state index contributed by atoms with van der Waals surface area (Å²) in [6.07, 6.45) is 11.4. The molecule has 2 amide bonds. The number of hydrogen-bond acceptors (Lipinski definition) is 4. The molecule has 2 aliphatic heterocycles. The van der Waals surface area contributed by atoms with Crippen molar-refractivity contribution in [2.24, 2.45) is 11.8 Å². The van der Waals surface area contributed by atoms with E-state index in [1.165, 1.54) is 44.2 Å². The second-order valence-corrected chi connectivity index (χ2v) is 17.0. The highest BCUT2D eigenvalue weighted by Crippen LogP contribution is 2.45.